The van der Waals surface area contributed by atoms with Crippen molar-refractivity contribution in [3.63, 3.8) is 0 Å². The third kappa shape index (κ3) is 3.48. The van der Waals surface area contributed by atoms with Gasteiger partial charge in [-0.2, -0.15) is 4.98 Å². The van der Waals surface area contributed by atoms with Crippen molar-refractivity contribution in [3.05, 3.63) is 27.9 Å². The monoisotopic (exact) mass is 293 g/mol. The van der Waals surface area contributed by atoms with E-state index in [4.69, 9.17) is 5.11 Å². The molecule has 1 aromatic rings. The Kier molecular flexibility index (Phi) is 4.40. The average molecular weight is 293 g/mol. The van der Waals surface area contributed by atoms with Crippen molar-refractivity contribution in [2.45, 2.75) is 33.2 Å². The highest BCUT2D eigenvalue weighted by atomic mass is 16.4. The van der Waals surface area contributed by atoms with E-state index in [-0.39, 0.29) is 18.4 Å². The number of nitrogens with zero attached hydrogens (tertiary/aromatic N) is 3. The van der Waals surface area contributed by atoms with Crippen molar-refractivity contribution in [1.82, 2.24) is 14.5 Å². The second-order valence-corrected chi connectivity index (χ2v) is 5.40. The summed E-state index contributed by atoms with van der Waals surface area (Å²) < 4.78 is 1.35. The van der Waals surface area contributed by atoms with Crippen molar-refractivity contribution in [3.8, 4) is 0 Å². The van der Waals surface area contributed by atoms with Crippen LogP contribution in [0.25, 0.3) is 0 Å². The number of carboxylic acids is 1. The first-order valence-corrected chi connectivity index (χ1v) is 6.94. The number of amides is 1. The van der Waals surface area contributed by atoms with Crippen molar-refractivity contribution in [1.29, 1.82) is 0 Å². The van der Waals surface area contributed by atoms with E-state index in [2.05, 4.69) is 4.98 Å². The minimum Gasteiger partial charge on any atom is -0.481 e. The fourth-order valence-electron chi connectivity index (χ4n) is 2.58. The summed E-state index contributed by atoms with van der Waals surface area (Å²) in [6.45, 7) is 4.29. The molecule has 7 heteroatoms. The smallest absolute Gasteiger partial charge is 0.348 e. The lowest BCUT2D eigenvalue weighted by Gasteiger charge is -2.30. The summed E-state index contributed by atoms with van der Waals surface area (Å²) >= 11 is 0. The van der Waals surface area contributed by atoms with Crippen molar-refractivity contribution >= 4 is 11.9 Å². The van der Waals surface area contributed by atoms with Crippen molar-refractivity contribution in [2.24, 2.45) is 5.92 Å². The Morgan fingerprint density at radius 3 is 2.48 bits per heavy atom. The first kappa shape index (κ1) is 15.2. The second kappa shape index (κ2) is 6.07. The molecule has 2 rings (SSSR count). The summed E-state index contributed by atoms with van der Waals surface area (Å²) in [4.78, 5) is 40.4. The molecule has 0 saturated carbocycles. The molecule has 2 heterocycles. The molecule has 1 fully saturated rings. The van der Waals surface area contributed by atoms with Crippen LogP contribution in [0.15, 0.2) is 10.9 Å². The van der Waals surface area contributed by atoms with Gasteiger partial charge in [-0.3, -0.25) is 14.2 Å². The molecule has 1 aliphatic rings. The maximum atomic E-state index is 12.2. The summed E-state index contributed by atoms with van der Waals surface area (Å²) in [7, 11) is 0. The van der Waals surface area contributed by atoms with E-state index in [0.717, 1.165) is 0 Å². The summed E-state index contributed by atoms with van der Waals surface area (Å²) in [6, 6.07) is 1.76. The zero-order chi connectivity index (χ0) is 15.6. The van der Waals surface area contributed by atoms with Crippen LogP contribution in [0.3, 0.4) is 0 Å². The zero-order valence-corrected chi connectivity index (χ0v) is 12.2. The molecule has 1 saturated heterocycles. The predicted octanol–water partition coefficient (Wildman–Crippen LogP) is 0.183. The molecule has 1 amide bonds. The minimum absolute atomic E-state index is 0.0459. The number of aryl methyl sites for hydroxylation is 2. The first-order chi connectivity index (χ1) is 9.88. The average Bonchev–Trinajstić information content (AvgIpc) is 2.42. The van der Waals surface area contributed by atoms with E-state index >= 15 is 0 Å². The number of rotatable bonds is 3. The second-order valence-electron chi connectivity index (χ2n) is 5.40. The molecule has 0 aliphatic carbocycles. The van der Waals surface area contributed by atoms with E-state index in [1.165, 1.54) is 4.57 Å². The van der Waals surface area contributed by atoms with Gasteiger partial charge in [0.1, 0.15) is 6.54 Å². The molecular weight excluding hydrogens is 274 g/mol. The Balaban J connectivity index is 2.03. The molecule has 0 radical (unpaired) electrons. The van der Waals surface area contributed by atoms with Gasteiger partial charge >= 0.3 is 11.7 Å². The number of carbonyl (C=O) groups excluding carboxylic acids is 1. The van der Waals surface area contributed by atoms with Crippen LogP contribution in [0.5, 0.6) is 0 Å². The van der Waals surface area contributed by atoms with Gasteiger partial charge in [-0.15, -0.1) is 0 Å². The summed E-state index contributed by atoms with van der Waals surface area (Å²) in [5.74, 6) is -1.36. The SMILES string of the molecule is Cc1cc(C)n(CC(=O)N2CCC(C(=O)O)CC2)c(=O)n1. The molecule has 0 atom stereocenters. The third-order valence-corrected chi connectivity index (χ3v) is 3.84. The van der Waals surface area contributed by atoms with E-state index in [1.54, 1.807) is 24.8 Å². The maximum Gasteiger partial charge on any atom is 0.348 e. The lowest BCUT2D eigenvalue weighted by Crippen LogP contribution is -2.43. The predicted molar refractivity (Wildman–Crippen MR) is 74.9 cm³/mol. The van der Waals surface area contributed by atoms with Gasteiger partial charge in [-0.05, 0) is 32.8 Å². The fourth-order valence-corrected chi connectivity index (χ4v) is 2.58. The van der Waals surface area contributed by atoms with Gasteiger partial charge in [0, 0.05) is 24.5 Å². The van der Waals surface area contributed by atoms with E-state index in [0.29, 0.717) is 37.3 Å². The highest BCUT2D eigenvalue weighted by Crippen LogP contribution is 2.17. The number of hydrogen-bond acceptors (Lipinski definition) is 4. The van der Waals surface area contributed by atoms with Crippen LogP contribution in [0.2, 0.25) is 0 Å². The third-order valence-electron chi connectivity index (χ3n) is 3.84. The highest BCUT2D eigenvalue weighted by Gasteiger charge is 2.27. The van der Waals surface area contributed by atoms with Crippen LogP contribution in [0, 0.1) is 19.8 Å². The topological polar surface area (TPSA) is 92.5 Å². The van der Waals surface area contributed by atoms with Crippen molar-refractivity contribution < 1.29 is 14.7 Å². The number of piperidine rings is 1. The number of aromatic nitrogens is 2. The van der Waals surface area contributed by atoms with E-state index < -0.39 is 11.7 Å². The number of carbonyl (C=O) groups is 2. The Bertz CT molecular complexity index is 615. The van der Waals surface area contributed by atoms with Gasteiger partial charge in [0.2, 0.25) is 5.91 Å². The molecule has 21 heavy (non-hydrogen) atoms. The number of likely N-dealkylation sites (tertiary alicyclic amines) is 1. The van der Waals surface area contributed by atoms with Crippen LogP contribution in [-0.4, -0.2) is 44.5 Å². The normalized spacial score (nSPS) is 16.0. The Morgan fingerprint density at radius 1 is 1.33 bits per heavy atom. The summed E-state index contributed by atoms with van der Waals surface area (Å²) in [6.07, 6.45) is 0.919. The lowest BCUT2D eigenvalue weighted by atomic mass is 9.97. The Morgan fingerprint density at radius 2 is 1.95 bits per heavy atom. The fraction of sp³-hybridized carbons (Fsp3) is 0.571. The molecule has 0 bridgehead atoms. The molecule has 7 nitrogen and oxygen atoms in total. The highest BCUT2D eigenvalue weighted by molar-refractivity contribution is 5.77. The number of aliphatic carboxylic acids is 1. The summed E-state index contributed by atoms with van der Waals surface area (Å²) in [5.41, 5.74) is 0.894. The Labute approximate surface area is 122 Å². The van der Waals surface area contributed by atoms with Gasteiger partial charge < -0.3 is 10.0 Å². The van der Waals surface area contributed by atoms with Crippen LogP contribution in [0.1, 0.15) is 24.2 Å². The largest absolute Gasteiger partial charge is 0.481 e. The van der Waals surface area contributed by atoms with Gasteiger partial charge in [-0.25, -0.2) is 4.79 Å². The molecule has 1 aliphatic heterocycles. The van der Waals surface area contributed by atoms with Crippen LogP contribution >= 0.6 is 0 Å². The number of hydrogen-bond donors (Lipinski definition) is 1. The van der Waals surface area contributed by atoms with Crippen LogP contribution < -0.4 is 5.69 Å². The molecule has 1 N–H and O–H groups in total. The van der Waals surface area contributed by atoms with E-state index in [9.17, 15) is 14.4 Å². The number of carboxylic acid groups (broad SMARTS) is 1. The molecule has 0 unspecified atom stereocenters. The Hall–Kier alpha value is -2.18. The zero-order valence-electron chi connectivity index (χ0n) is 12.2. The van der Waals surface area contributed by atoms with Gasteiger partial charge in [0.15, 0.2) is 0 Å². The quantitative estimate of drug-likeness (QED) is 0.858. The van der Waals surface area contributed by atoms with Crippen LogP contribution in [0.4, 0.5) is 0 Å². The van der Waals surface area contributed by atoms with Gasteiger partial charge in [0.05, 0.1) is 5.92 Å². The van der Waals surface area contributed by atoms with Crippen molar-refractivity contribution in [2.75, 3.05) is 13.1 Å². The lowest BCUT2D eigenvalue weighted by molar-refractivity contribution is -0.145. The maximum absolute atomic E-state index is 12.2. The van der Waals surface area contributed by atoms with Crippen LogP contribution in [-0.2, 0) is 16.1 Å². The first-order valence-electron chi connectivity index (χ1n) is 6.94. The molecule has 0 aromatic carbocycles. The van der Waals surface area contributed by atoms with Gasteiger partial charge in [-0.1, -0.05) is 0 Å². The minimum atomic E-state index is -0.808. The molecule has 1 aromatic heterocycles. The van der Waals surface area contributed by atoms with Gasteiger partial charge in [0.25, 0.3) is 0 Å². The molecule has 0 spiro atoms. The standard InChI is InChI=1S/C14H19N3O4/c1-9-7-10(2)17(14(21)15-9)8-12(18)16-5-3-11(4-6-16)13(19)20/h7,11H,3-6,8H2,1-2H3,(H,19,20). The summed E-state index contributed by atoms with van der Waals surface area (Å²) in [5, 5.41) is 8.94. The van der Waals surface area contributed by atoms with E-state index in [1.807, 2.05) is 0 Å². The molecular formula is C14H19N3O4. The molecule has 114 valence electrons.